The molecule has 0 atom stereocenters. The number of Topliss-reactive ketones (excluding diaryl/α,β-unsaturated/α-hetero) is 1. The lowest BCUT2D eigenvalue weighted by molar-refractivity contribution is 0.101. The first-order valence-electron chi connectivity index (χ1n) is 6.40. The molecule has 0 aliphatic carbocycles. The van der Waals surface area contributed by atoms with Gasteiger partial charge >= 0.3 is 0 Å². The molecule has 0 bridgehead atoms. The molecule has 0 unspecified atom stereocenters. The first-order chi connectivity index (χ1) is 9.60. The first kappa shape index (κ1) is 13.9. The van der Waals surface area contributed by atoms with Crippen molar-refractivity contribution in [2.45, 2.75) is 20.5 Å². The van der Waals surface area contributed by atoms with Crippen molar-refractivity contribution < 1.29 is 9.53 Å². The molecule has 100 valence electrons. The molecule has 0 aliphatic heterocycles. The molecular formula is C18H16O2. The van der Waals surface area contributed by atoms with Crippen LogP contribution in [0.3, 0.4) is 0 Å². The number of benzene rings is 2. The van der Waals surface area contributed by atoms with E-state index >= 15 is 0 Å². The molecule has 20 heavy (non-hydrogen) atoms. The summed E-state index contributed by atoms with van der Waals surface area (Å²) in [6.45, 7) is 3.88. The molecule has 2 heteroatoms. The van der Waals surface area contributed by atoms with Crippen molar-refractivity contribution in [3.63, 3.8) is 0 Å². The van der Waals surface area contributed by atoms with E-state index < -0.39 is 0 Å². The SMILES string of the molecule is C#Cc1ccccc1COc1cc(C)cc(C(C)=O)c1. The van der Waals surface area contributed by atoms with Crippen molar-refractivity contribution in [3.8, 4) is 18.1 Å². The van der Waals surface area contributed by atoms with Crippen molar-refractivity contribution in [2.24, 2.45) is 0 Å². The fourth-order valence-corrected chi connectivity index (χ4v) is 1.98. The minimum atomic E-state index is 0.0302. The van der Waals surface area contributed by atoms with Crippen LogP contribution in [-0.2, 0) is 6.61 Å². The number of carbonyl (C=O) groups excluding carboxylic acids is 1. The maximum Gasteiger partial charge on any atom is 0.159 e. The number of ketones is 1. The summed E-state index contributed by atoms with van der Waals surface area (Å²) in [5.74, 6) is 3.35. The third-order valence-electron chi connectivity index (χ3n) is 3.02. The van der Waals surface area contributed by atoms with E-state index in [1.54, 1.807) is 13.0 Å². The van der Waals surface area contributed by atoms with Gasteiger partial charge in [-0.3, -0.25) is 4.79 Å². The maximum absolute atomic E-state index is 11.4. The highest BCUT2D eigenvalue weighted by Crippen LogP contribution is 2.19. The summed E-state index contributed by atoms with van der Waals surface area (Å²) in [7, 11) is 0. The average molecular weight is 264 g/mol. The lowest BCUT2D eigenvalue weighted by Crippen LogP contribution is -2.00. The molecule has 0 N–H and O–H groups in total. The quantitative estimate of drug-likeness (QED) is 0.621. The van der Waals surface area contributed by atoms with Crippen LogP contribution < -0.4 is 4.74 Å². The maximum atomic E-state index is 11.4. The van der Waals surface area contributed by atoms with E-state index in [1.165, 1.54) is 0 Å². The minimum Gasteiger partial charge on any atom is -0.489 e. The van der Waals surface area contributed by atoms with E-state index in [1.807, 2.05) is 43.3 Å². The highest BCUT2D eigenvalue weighted by Gasteiger charge is 2.05. The molecule has 0 amide bonds. The van der Waals surface area contributed by atoms with Crippen molar-refractivity contribution >= 4 is 5.78 Å². The van der Waals surface area contributed by atoms with Crippen LogP contribution >= 0.6 is 0 Å². The zero-order valence-electron chi connectivity index (χ0n) is 11.6. The predicted octanol–water partition coefficient (Wildman–Crippen LogP) is 3.76. The fraction of sp³-hybridized carbons (Fsp3) is 0.167. The van der Waals surface area contributed by atoms with Gasteiger partial charge in [0, 0.05) is 16.7 Å². The predicted molar refractivity (Wildman–Crippen MR) is 79.9 cm³/mol. The molecule has 0 fully saturated rings. The molecule has 0 radical (unpaired) electrons. The second-order valence-electron chi connectivity index (χ2n) is 4.68. The first-order valence-corrected chi connectivity index (χ1v) is 6.40. The van der Waals surface area contributed by atoms with Crippen LogP contribution in [0.2, 0.25) is 0 Å². The van der Waals surface area contributed by atoms with Gasteiger partial charge in [0.25, 0.3) is 0 Å². The van der Waals surface area contributed by atoms with E-state index in [-0.39, 0.29) is 5.78 Å². The summed E-state index contributed by atoms with van der Waals surface area (Å²) in [5, 5.41) is 0. The molecular weight excluding hydrogens is 248 g/mol. The summed E-state index contributed by atoms with van der Waals surface area (Å²) in [4.78, 5) is 11.4. The van der Waals surface area contributed by atoms with Crippen LogP contribution in [0, 0.1) is 19.3 Å². The van der Waals surface area contributed by atoms with Gasteiger partial charge in [-0.25, -0.2) is 0 Å². The fourth-order valence-electron chi connectivity index (χ4n) is 1.98. The zero-order valence-corrected chi connectivity index (χ0v) is 11.6. The lowest BCUT2D eigenvalue weighted by atomic mass is 10.1. The van der Waals surface area contributed by atoms with Crippen molar-refractivity contribution in [3.05, 3.63) is 64.7 Å². The second kappa shape index (κ2) is 6.08. The van der Waals surface area contributed by atoms with Crippen LogP contribution in [-0.4, -0.2) is 5.78 Å². The number of aryl methyl sites for hydroxylation is 1. The Bertz CT molecular complexity index is 678. The minimum absolute atomic E-state index is 0.0302. The van der Waals surface area contributed by atoms with E-state index in [2.05, 4.69) is 5.92 Å². The number of rotatable bonds is 4. The highest BCUT2D eigenvalue weighted by atomic mass is 16.5. The van der Waals surface area contributed by atoms with E-state index in [9.17, 15) is 4.79 Å². The monoisotopic (exact) mass is 264 g/mol. The van der Waals surface area contributed by atoms with Gasteiger partial charge in [0.2, 0.25) is 0 Å². The Morgan fingerprint density at radius 1 is 1.25 bits per heavy atom. The molecule has 2 aromatic carbocycles. The topological polar surface area (TPSA) is 26.3 Å². The molecule has 2 nitrogen and oxygen atoms in total. The summed E-state index contributed by atoms with van der Waals surface area (Å²) >= 11 is 0. The number of hydrogen-bond acceptors (Lipinski definition) is 2. The van der Waals surface area contributed by atoms with Crippen LogP contribution in [0.25, 0.3) is 0 Å². The van der Waals surface area contributed by atoms with E-state index in [4.69, 9.17) is 11.2 Å². The van der Waals surface area contributed by atoms with Crippen LogP contribution in [0.1, 0.15) is 34.0 Å². The summed E-state index contributed by atoms with van der Waals surface area (Å²) in [6.07, 6.45) is 5.46. The van der Waals surface area contributed by atoms with Crippen molar-refractivity contribution in [2.75, 3.05) is 0 Å². The van der Waals surface area contributed by atoms with E-state index in [0.29, 0.717) is 17.9 Å². The lowest BCUT2D eigenvalue weighted by Gasteiger charge is -2.10. The molecule has 0 saturated heterocycles. The zero-order chi connectivity index (χ0) is 14.5. The van der Waals surface area contributed by atoms with Crippen LogP contribution in [0.5, 0.6) is 5.75 Å². The Morgan fingerprint density at radius 2 is 2.00 bits per heavy atom. The smallest absolute Gasteiger partial charge is 0.159 e. The summed E-state index contributed by atoms with van der Waals surface area (Å²) < 4.78 is 5.76. The van der Waals surface area contributed by atoms with E-state index in [0.717, 1.165) is 16.7 Å². The van der Waals surface area contributed by atoms with Crippen LogP contribution in [0.15, 0.2) is 42.5 Å². The number of ether oxygens (including phenoxy) is 1. The Balaban J connectivity index is 2.19. The van der Waals surface area contributed by atoms with Gasteiger partial charge in [0.15, 0.2) is 5.78 Å². The molecule has 2 rings (SSSR count). The van der Waals surface area contributed by atoms with Crippen molar-refractivity contribution in [1.29, 1.82) is 0 Å². The Labute approximate surface area is 119 Å². The van der Waals surface area contributed by atoms with Gasteiger partial charge in [-0.2, -0.15) is 0 Å². The van der Waals surface area contributed by atoms with Crippen LogP contribution in [0.4, 0.5) is 0 Å². The normalized spacial score (nSPS) is 9.85. The summed E-state index contributed by atoms with van der Waals surface area (Å²) in [5.41, 5.74) is 3.44. The molecule has 0 heterocycles. The van der Waals surface area contributed by atoms with Gasteiger partial charge < -0.3 is 4.74 Å². The number of terminal acetylenes is 1. The average Bonchev–Trinajstić information content (AvgIpc) is 2.44. The number of hydrogen-bond donors (Lipinski definition) is 0. The number of carbonyl (C=O) groups is 1. The van der Waals surface area contributed by atoms with Crippen molar-refractivity contribution in [1.82, 2.24) is 0 Å². The third-order valence-corrected chi connectivity index (χ3v) is 3.02. The van der Waals surface area contributed by atoms with Gasteiger partial charge in [-0.1, -0.05) is 24.1 Å². The molecule has 0 aliphatic rings. The molecule has 2 aromatic rings. The summed E-state index contributed by atoms with van der Waals surface area (Å²) in [6, 6.07) is 13.2. The third kappa shape index (κ3) is 3.27. The standard InChI is InChI=1S/C18H16O2/c1-4-15-7-5-6-8-16(15)12-20-18-10-13(2)9-17(11-18)14(3)19/h1,5-11H,12H2,2-3H3. The largest absolute Gasteiger partial charge is 0.489 e. The van der Waals surface area contributed by atoms with Gasteiger partial charge in [-0.05, 0) is 43.7 Å². The Hall–Kier alpha value is -2.53. The van der Waals surface area contributed by atoms with Gasteiger partial charge in [0.05, 0.1) is 0 Å². The highest BCUT2D eigenvalue weighted by molar-refractivity contribution is 5.94. The van der Waals surface area contributed by atoms with Gasteiger partial charge in [-0.15, -0.1) is 6.42 Å². The molecule has 0 saturated carbocycles. The Kier molecular flexibility index (Phi) is 4.22. The second-order valence-corrected chi connectivity index (χ2v) is 4.68. The van der Waals surface area contributed by atoms with Gasteiger partial charge in [0.1, 0.15) is 12.4 Å². The molecule has 0 aromatic heterocycles. The molecule has 0 spiro atoms. The Morgan fingerprint density at radius 3 is 2.70 bits per heavy atom.